The Morgan fingerprint density at radius 3 is 2.72 bits per heavy atom. The van der Waals surface area contributed by atoms with Crippen LogP contribution in [0.15, 0.2) is 18.2 Å². The Hall–Kier alpha value is -1.93. The summed E-state index contributed by atoms with van der Waals surface area (Å²) in [5.74, 6) is -0.612. The summed E-state index contributed by atoms with van der Waals surface area (Å²) in [5, 5.41) is 0. The van der Waals surface area contributed by atoms with Gasteiger partial charge in [0.15, 0.2) is 0 Å². The van der Waals surface area contributed by atoms with E-state index in [1.54, 1.807) is 4.90 Å². The molecule has 0 spiro atoms. The number of amides is 2. The third-order valence-corrected chi connectivity index (χ3v) is 6.81. The molecule has 134 valence electrons. The molecule has 8 heteroatoms. The molecule has 4 rings (SSSR count). The first-order valence-corrected chi connectivity index (χ1v) is 10.1. The molecule has 1 unspecified atom stereocenters. The first kappa shape index (κ1) is 16.5. The average Bonchev–Trinajstić information content (AvgIpc) is 2.83. The highest BCUT2D eigenvalue weighted by Gasteiger charge is 2.47. The quantitative estimate of drug-likeness (QED) is 0.801. The van der Waals surface area contributed by atoms with E-state index < -0.39 is 22.2 Å². The summed E-state index contributed by atoms with van der Waals surface area (Å²) < 4.78 is 26.8. The molecule has 1 N–H and O–H groups in total. The first-order chi connectivity index (χ1) is 11.9. The summed E-state index contributed by atoms with van der Waals surface area (Å²) in [6, 6.07) is 5.44. The molecule has 0 bridgehead atoms. The minimum atomic E-state index is -3.72. The van der Waals surface area contributed by atoms with Gasteiger partial charge >= 0.3 is 10.2 Å². The molecule has 1 atom stereocenters. The molecule has 1 aromatic rings. The van der Waals surface area contributed by atoms with E-state index in [9.17, 15) is 18.0 Å². The van der Waals surface area contributed by atoms with Crippen molar-refractivity contribution in [2.75, 3.05) is 19.6 Å². The zero-order chi connectivity index (χ0) is 17.6. The van der Waals surface area contributed by atoms with Gasteiger partial charge < -0.3 is 4.90 Å². The van der Waals surface area contributed by atoms with E-state index in [0.717, 1.165) is 22.7 Å². The molecule has 3 aliphatic rings. The zero-order valence-electron chi connectivity index (χ0n) is 13.9. The van der Waals surface area contributed by atoms with Gasteiger partial charge in [-0.05, 0) is 42.4 Å². The number of nitrogens with zero attached hydrogens (tertiary/aromatic N) is 2. The van der Waals surface area contributed by atoms with Gasteiger partial charge in [-0.1, -0.05) is 18.2 Å². The minimum Gasteiger partial charge on any atom is -0.339 e. The van der Waals surface area contributed by atoms with Crippen molar-refractivity contribution in [3.63, 3.8) is 0 Å². The normalized spacial score (nSPS) is 25.2. The molecule has 25 heavy (non-hydrogen) atoms. The van der Waals surface area contributed by atoms with Crippen molar-refractivity contribution in [2.24, 2.45) is 0 Å². The molecule has 1 aromatic carbocycles. The molecular formula is C17H21N3O4S. The fraction of sp³-hybridized carbons (Fsp3) is 0.529. The third kappa shape index (κ3) is 3.04. The summed E-state index contributed by atoms with van der Waals surface area (Å²) in [6.45, 7) is 0.588. The molecule has 0 aromatic heterocycles. The molecule has 7 nitrogen and oxygen atoms in total. The monoisotopic (exact) mass is 363 g/mol. The fourth-order valence-corrected chi connectivity index (χ4v) is 5.26. The van der Waals surface area contributed by atoms with E-state index in [2.05, 4.69) is 12.1 Å². The number of fused-ring (bicyclic) bond motifs is 2. The maximum absolute atomic E-state index is 12.6. The van der Waals surface area contributed by atoms with Crippen molar-refractivity contribution in [2.45, 2.75) is 38.1 Å². The maximum atomic E-state index is 12.6. The summed E-state index contributed by atoms with van der Waals surface area (Å²) in [6.07, 6.45) is 4.88. The number of aryl methyl sites for hydroxylation is 2. The second kappa shape index (κ2) is 6.10. The summed E-state index contributed by atoms with van der Waals surface area (Å²) >= 11 is 0. The lowest BCUT2D eigenvalue weighted by Gasteiger charge is -2.34. The Balaban J connectivity index is 1.45. The summed E-state index contributed by atoms with van der Waals surface area (Å²) in [5.41, 5.74) is 3.70. The third-order valence-electron chi connectivity index (χ3n) is 5.29. The van der Waals surface area contributed by atoms with Crippen molar-refractivity contribution < 1.29 is 18.0 Å². The average molecular weight is 363 g/mol. The van der Waals surface area contributed by atoms with Crippen molar-refractivity contribution in [1.29, 1.82) is 0 Å². The van der Waals surface area contributed by atoms with Crippen LogP contribution in [-0.4, -0.2) is 55.1 Å². The Kier molecular flexibility index (Phi) is 4.04. The molecule has 2 heterocycles. The number of piperazine rings is 1. The molecular weight excluding hydrogens is 342 g/mol. The van der Waals surface area contributed by atoms with Gasteiger partial charge in [0.1, 0.15) is 6.04 Å². The Labute approximate surface area is 147 Å². The fourth-order valence-electron chi connectivity index (χ4n) is 3.93. The van der Waals surface area contributed by atoms with E-state index >= 15 is 0 Å². The minimum absolute atomic E-state index is 0.0625. The number of hydrogen-bond donors (Lipinski definition) is 1. The largest absolute Gasteiger partial charge is 0.339 e. The van der Waals surface area contributed by atoms with Crippen LogP contribution in [0.25, 0.3) is 0 Å². The van der Waals surface area contributed by atoms with Crippen molar-refractivity contribution >= 4 is 22.0 Å². The van der Waals surface area contributed by atoms with Crippen LogP contribution >= 0.6 is 0 Å². The lowest BCUT2D eigenvalue weighted by molar-refractivity contribution is -0.134. The van der Waals surface area contributed by atoms with Gasteiger partial charge in [0.05, 0.1) is 6.42 Å². The lowest BCUT2D eigenvalue weighted by atomic mass is 9.90. The van der Waals surface area contributed by atoms with E-state index in [4.69, 9.17) is 0 Å². The number of nitrogens with one attached hydrogen (secondary N) is 1. The van der Waals surface area contributed by atoms with Gasteiger partial charge in [0, 0.05) is 19.6 Å². The van der Waals surface area contributed by atoms with Crippen molar-refractivity contribution in [3.8, 4) is 0 Å². The van der Waals surface area contributed by atoms with E-state index in [-0.39, 0.29) is 25.4 Å². The van der Waals surface area contributed by atoms with Gasteiger partial charge in [0.25, 0.3) is 5.91 Å². The van der Waals surface area contributed by atoms with Gasteiger partial charge in [-0.2, -0.15) is 12.7 Å². The second-order valence-electron chi connectivity index (χ2n) is 6.92. The van der Waals surface area contributed by atoms with Crippen LogP contribution in [-0.2, 0) is 39.1 Å². The van der Waals surface area contributed by atoms with Crippen molar-refractivity contribution in [1.82, 2.24) is 13.9 Å². The molecule has 2 fully saturated rings. The highest BCUT2D eigenvalue weighted by atomic mass is 32.2. The Morgan fingerprint density at radius 1 is 1.16 bits per heavy atom. The van der Waals surface area contributed by atoms with Gasteiger partial charge in [-0.3, -0.25) is 9.59 Å². The van der Waals surface area contributed by atoms with E-state index in [0.29, 0.717) is 6.54 Å². The summed E-state index contributed by atoms with van der Waals surface area (Å²) in [4.78, 5) is 26.1. The highest BCUT2D eigenvalue weighted by Crippen LogP contribution is 2.23. The topological polar surface area (TPSA) is 86.8 Å². The second-order valence-corrected chi connectivity index (χ2v) is 8.55. The van der Waals surface area contributed by atoms with Crippen molar-refractivity contribution in [3.05, 3.63) is 34.9 Å². The van der Waals surface area contributed by atoms with Crippen LogP contribution in [0.1, 0.15) is 29.5 Å². The number of carbonyl (C=O) groups excluding carboxylic acids is 2. The van der Waals surface area contributed by atoms with Crippen LogP contribution in [0.3, 0.4) is 0 Å². The molecule has 2 saturated heterocycles. The molecule has 2 aliphatic heterocycles. The van der Waals surface area contributed by atoms with Crippen LogP contribution in [0.4, 0.5) is 0 Å². The van der Waals surface area contributed by atoms with Gasteiger partial charge in [-0.15, -0.1) is 0 Å². The highest BCUT2D eigenvalue weighted by molar-refractivity contribution is 7.88. The van der Waals surface area contributed by atoms with Crippen LogP contribution in [0.5, 0.6) is 0 Å². The predicted molar refractivity (Wildman–Crippen MR) is 90.9 cm³/mol. The molecule has 0 radical (unpaired) electrons. The SMILES string of the molecule is O=C1NS(=O)(=O)N2CCN(C(=O)Cc3ccc4c(c3)CCCC4)CC12. The predicted octanol–water partition coefficient (Wildman–Crippen LogP) is -0.00470. The molecule has 0 saturated carbocycles. The number of hydrogen-bond acceptors (Lipinski definition) is 4. The number of carbonyl (C=O) groups is 2. The smallest absolute Gasteiger partial charge is 0.304 e. The first-order valence-electron chi connectivity index (χ1n) is 8.66. The van der Waals surface area contributed by atoms with E-state index in [1.807, 2.05) is 10.8 Å². The van der Waals surface area contributed by atoms with E-state index in [1.165, 1.54) is 24.0 Å². The number of rotatable bonds is 2. The Morgan fingerprint density at radius 2 is 1.92 bits per heavy atom. The maximum Gasteiger partial charge on any atom is 0.304 e. The Bertz CT molecular complexity index is 836. The molecule has 1 aliphatic carbocycles. The summed E-state index contributed by atoms with van der Waals surface area (Å²) in [7, 11) is -3.72. The van der Waals surface area contributed by atoms with Crippen LogP contribution in [0, 0.1) is 0 Å². The van der Waals surface area contributed by atoms with Crippen LogP contribution < -0.4 is 4.72 Å². The van der Waals surface area contributed by atoms with Crippen LogP contribution in [0.2, 0.25) is 0 Å². The zero-order valence-corrected chi connectivity index (χ0v) is 14.7. The number of benzene rings is 1. The van der Waals surface area contributed by atoms with Gasteiger partial charge in [0.2, 0.25) is 5.91 Å². The standard InChI is InChI=1S/C17H21N3O4S/c21-16(10-12-5-6-13-3-1-2-4-14(13)9-12)19-7-8-20-15(11-19)17(22)18-25(20,23)24/h5-6,9,15H,1-4,7-8,10-11H2,(H,18,22). The lowest BCUT2D eigenvalue weighted by Crippen LogP contribution is -2.55. The van der Waals surface area contributed by atoms with Gasteiger partial charge in [-0.25, -0.2) is 4.72 Å². The molecule has 2 amide bonds.